The number of methoxy groups -OCH3 is 1. The maximum absolute atomic E-state index is 14.3. The molecule has 212 valence electrons. The summed E-state index contributed by atoms with van der Waals surface area (Å²) in [6, 6.07) is 5.19. The topological polar surface area (TPSA) is 76.2 Å². The van der Waals surface area contributed by atoms with E-state index >= 15 is 0 Å². The number of carbonyl (C=O) groups excluding carboxylic acids is 3. The Balaban J connectivity index is 1.60. The number of hydrogen-bond donors (Lipinski definition) is 0. The summed E-state index contributed by atoms with van der Waals surface area (Å²) in [5.74, 6) is 0.780. The SMILES string of the molecule is COC(=O)[C@]12C[C@H](CC(=O)N3CCSCC3)C(=O)N(Cc3ccc(Cl)cc3Cl)C1=C[C@H](C(C)C)O[C@@H]2C1CC1. The van der Waals surface area contributed by atoms with E-state index in [0.717, 1.165) is 24.3 Å². The number of hydrogen-bond acceptors (Lipinski definition) is 6. The van der Waals surface area contributed by atoms with E-state index in [1.165, 1.54) is 7.11 Å². The molecule has 0 spiro atoms. The molecule has 5 rings (SSSR count). The number of benzene rings is 1. The molecule has 3 heterocycles. The van der Waals surface area contributed by atoms with Crippen LogP contribution in [0.3, 0.4) is 0 Å². The summed E-state index contributed by atoms with van der Waals surface area (Å²) < 4.78 is 12.1. The number of rotatable bonds is 7. The van der Waals surface area contributed by atoms with Gasteiger partial charge in [-0.25, -0.2) is 0 Å². The molecular formula is C29H36Cl2N2O5S. The minimum atomic E-state index is -1.18. The number of piperidine rings is 1. The van der Waals surface area contributed by atoms with Crippen LogP contribution in [-0.2, 0) is 30.4 Å². The summed E-state index contributed by atoms with van der Waals surface area (Å²) >= 11 is 14.5. The van der Waals surface area contributed by atoms with Crippen LogP contribution in [0.2, 0.25) is 10.0 Å². The van der Waals surface area contributed by atoms with Crippen molar-refractivity contribution in [2.45, 2.75) is 58.3 Å². The first-order valence-corrected chi connectivity index (χ1v) is 15.6. The van der Waals surface area contributed by atoms with Gasteiger partial charge in [-0.05, 0) is 54.9 Å². The summed E-state index contributed by atoms with van der Waals surface area (Å²) in [5.41, 5.74) is 0.145. The largest absolute Gasteiger partial charge is 0.468 e. The van der Waals surface area contributed by atoms with Gasteiger partial charge in [0.2, 0.25) is 11.8 Å². The van der Waals surface area contributed by atoms with Crippen molar-refractivity contribution in [1.29, 1.82) is 0 Å². The molecule has 0 radical (unpaired) electrons. The minimum Gasteiger partial charge on any atom is -0.468 e. The number of carbonyl (C=O) groups is 3. The first kappa shape index (κ1) is 28.8. The third kappa shape index (κ3) is 5.59. The van der Waals surface area contributed by atoms with Gasteiger partial charge in [0.25, 0.3) is 0 Å². The Hall–Kier alpha value is -1.74. The van der Waals surface area contributed by atoms with Crippen LogP contribution >= 0.6 is 35.0 Å². The molecule has 39 heavy (non-hydrogen) atoms. The van der Waals surface area contributed by atoms with E-state index in [1.807, 2.05) is 22.7 Å². The van der Waals surface area contributed by atoms with Crippen molar-refractivity contribution < 1.29 is 23.9 Å². The second-order valence-electron chi connectivity index (χ2n) is 11.4. The van der Waals surface area contributed by atoms with Gasteiger partial charge in [-0.2, -0.15) is 11.8 Å². The smallest absolute Gasteiger partial charge is 0.320 e. The zero-order chi connectivity index (χ0) is 27.9. The van der Waals surface area contributed by atoms with Gasteiger partial charge >= 0.3 is 5.97 Å². The normalized spacial score (nSPS) is 29.2. The van der Waals surface area contributed by atoms with Crippen molar-refractivity contribution in [3.63, 3.8) is 0 Å². The maximum atomic E-state index is 14.3. The summed E-state index contributed by atoms with van der Waals surface area (Å²) in [7, 11) is 1.38. The van der Waals surface area contributed by atoms with E-state index in [4.69, 9.17) is 32.7 Å². The zero-order valence-corrected chi connectivity index (χ0v) is 25.0. The summed E-state index contributed by atoms with van der Waals surface area (Å²) in [6.45, 7) is 5.64. The lowest BCUT2D eigenvalue weighted by atomic mass is 9.64. The van der Waals surface area contributed by atoms with Crippen LogP contribution in [0, 0.1) is 23.2 Å². The lowest BCUT2D eigenvalue weighted by Crippen LogP contribution is -2.61. The molecule has 10 heteroatoms. The molecule has 0 bridgehead atoms. The van der Waals surface area contributed by atoms with E-state index in [0.29, 0.717) is 34.4 Å². The van der Waals surface area contributed by atoms with Crippen LogP contribution in [0.4, 0.5) is 0 Å². The Labute approximate surface area is 244 Å². The zero-order valence-electron chi connectivity index (χ0n) is 22.7. The molecule has 0 N–H and O–H groups in total. The van der Waals surface area contributed by atoms with Crippen molar-refractivity contribution in [3.05, 3.63) is 45.6 Å². The van der Waals surface area contributed by atoms with Crippen LogP contribution in [0.25, 0.3) is 0 Å². The number of thioether (sulfide) groups is 1. The van der Waals surface area contributed by atoms with Crippen LogP contribution in [0.1, 0.15) is 45.1 Å². The Bertz CT molecular complexity index is 1170. The molecule has 1 aliphatic carbocycles. The van der Waals surface area contributed by atoms with Gasteiger partial charge in [-0.1, -0.05) is 43.1 Å². The predicted molar refractivity (Wildman–Crippen MR) is 152 cm³/mol. The van der Waals surface area contributed by atoms with Crippen molar-refractivity contribution >= 4 is 52.7 Å². The molecule has 4 aliphatic rings. The van der Waals surface area contributed by atoms with E-state index in [-0.39, 0.29) is 49.1 Å². The van der Waals surface area contributed by atoms with E-state index < -0.39 is 23.4 Å². The second kappa shape index (κ2) is 11.6. The standard InChI is InChI=1S/C29H36Cl2N2O5S/c1-17(2)23-14-24-29(28(36)37-3,26(38-23)18-4-5-18)15-20(12-25(34)32-8-10-39-11-9-32)27(35)33(24)16-19-6-7-21(30)13-22(19)31/h6-7,13-14,17-18,20,23,26H,4-5,8-12,15-16H2,1-3H3/t20-,23+,26+,29+/m0/s1. The highest BCUT2D eigenvalue weighted by molar-refractivity contribution is 7.99. The van der Waals surface area contributed by atoms with Crippen LogP contribution in [-0.4, -0.2) is 71.5 Å². The molecule has 3 fully saturated rings. The monoisotopic (exact) mass is 594 g/mol. The summed E-state index contributed by atoms with van der Waals surface area (Å²) in [4.78, 5) is 45.0. The highest BCUT2D eigenvalue weighted by Gasteiger charge is 2.64. The van der Waals surface area contributed by atoms with Gasteiger partial charge in [-0.15, -0.1) is 0 Å². The molecular weight excluding hydrogens is 559 g/mol. The van der Waals surface area contributed by atoms with E-state index in [2.05, 4.69) is 13.8 Å². The van der Waals surface area contributed by atoms with Crippen molar-refractivity contribution in [1.82, 2.24) is 9.80 Å². The fourth-order valence-corrected chi connectivity index (χ4v) is 7.56. The van der Waals surface area contributed by atoms with Crippen molar-refractivity contribution in [3.8, 4) is 0 Å². The third-order valence-corrected chi connectivity index (χ3v) is 9.96. The number of ether oxygens (including phenoxy) is 2. The van der Waals surface area contributed by atoms with E-state index in [1.54, 1.807) is 23.1 Å². The second-order valence-corrected chi connectivity index (χ2v) is 13.4. The Morgan fingerprint density at radius 2 is 1.92 bits per heavy atom. The number of likely N-dealkylation sites (tertiary alicyclic amines) is 1. The molecule has 7 nitrogen and oxygen atoms in total. The van der Waals surface area contributed by atoms with Gasteiger partial charge in [0.1, 0.15) is 5.41 Å². The van der Waals surface area contributed by atoms with Crippen molar-refractivity contribution in [2.24, 2.45) is 23.2 Å². The Morgan fingerprint density at radius 3 is 2.54 bits per heavy atom. The third-order valence-electron chi connectivity index (χ3n) is 8.43. The predicted octanol–water partition coefficient (Wildman–Crippen LogP) is 5.18. The van der Waals surface area contributed by atoms with Crippen LogP contribution in [0.5, 0.6) is 0 Å². The number of fused-ring (bicyclic) bond motifs is 1. The lowest BCUT2D eigenvalue weighted by Gasteiger charge is -2.53. The average molecular weight is 596 g/mol. The van der Waals surface area contributed by atoms with Gasteiger partial charge < -0.3 is 19.3 Å². The molecule has 2 saturated heterocycles. The fraction of sp³-hybridized carbons (Fsp3) is 0.621. The molecule has 3 aliphatic heterocycles. The number of nitrogens with zero attached hydrogens (tertiary/aromatic N) is 2. The number of halogens is 2. The van der Waals surface area contributed by atoms with Gasteiger partial charge in [0.15, 0.2) is 0 Å². The van der Waals surface area contributed by atoms with Gasteiger partial charge in [0.05, 0.1) is 25.9 Å². The molecule has 0 aromatic heterocycles. The highest BCUT2D eigenvalue weighted by atomic mass is 35.5. The van der Waals surface area contributed by atoms with Gasteiger partial charge in [-0.3, -0.25) is 14.4 Å². The Kier molecular flexibility index (Phi) is 8.58. The minimum absolute atomic E-state index is 0.0470. The maximum Gasteiger partial charge on any atom is 0.320 e. The fourth-order valence-electron chi connectivity index (χ4n) is 6.19. The summed E-state index contributed by atoms with van der Waals surface area (Å²) in [5, 5.41) is 0.939. The lowest BCUT2D eigenvalue weighted by molar-refractivity contribution is -0.182. The first-order chi connectivity index (χ1) is 18.6. The van der Waals surface area contributed by atoms with Crippen molar-refractivity contribution in [2.75, 3.05) is 31.7 Å². The molecule has 2 amide bonds. The molecule has 4 atom stereocenters. The number of esters is 1. The molecule has 1 aromatic rings. The highest BCUT2D eigenvalue weighted by Crippen LogP contribution is 2.57. The molecule has 1 saturated carbocycles. The average Bonchev–Trinajstić information content (AvgIpc) is 3.77. The van der Waals surface area contributed by atoms with E-state index in [9.17, 15) is 14.4 Å². The Morgan fingerprint density at radius 1 is 1.21 bits per heavy atom. The van der Waals surface area contributed by atoms with Gasteiger partial charge in [0, 0.05) is 52.7 Å². The van der Waals surface area contributed by atoms with Crippen LogP contribution in [0.15, 0.2) is 30.0 Å². The summed E-state index contributed by atoms with van der Waals surface area (Å²) in [6.07, 6.45) is 3.38. The molecule has 0 unspecified atom stereocenters. The first-order valence-electron chi connectivity index (χ1n) is 13.7. The number of amides is 2. The molecule has 1 aromatic carbocycles. The quantitative estimate of drug-likeness (QED) is 0.405. The van der Waals surface area contributed by atoms with Crippen LogP contribution < -0.4 is 0 Å².